The fourth-order valence-corrected chi connectivity index (χ4v) is 4.27. The minimum absolute atomic E-state index is 0. The number of imide groups is 1. The number of hydrazine groups is 1. The summed E-state index contributed by atoms with van der Waals surface area (Å²) in [6.45, 7) is 2.77. The minimum Gasteiger partial charge on any atom is -0.439 e. The topological polar surface area (TPSA) is 117 Å². The minimum atomic E-state index is -1.53. The van der Waals surface area contributed by atoms with Gasteiger partial charge in [-0.05, 0) is 35.8 Å². The van der Waals surface area contributed by atoms with Crippen molar-refractivity contribution in [1.29, 1.82) is 0 Å². The van der Waals surface area contributed by atoms with E-state index in [4.69, 9.17) is 32.8 Å². The van der Waals surface area contributed by atoms with E-state index in [2.05, 4.69) is 20.8 Å². The highest BCUT2D eigenvalue weighted by Crippen LogP contribution is 2.54. The monoisotopic (exact) mass is 581 g/mol. The predicted octanol–water partition coefficient (Wildman–Crippen LogP) is 4.71. The number of nitrogens with zero attached hydrogens (tertiary/aromatic N) is 1. The Morgan fingerprint density at radius 3 is 1.97 bits per heavy atom. The van der Waals surface area contributed by atoms with Crippen molar-refractivity contribution in [3.63, 3.8) is 0 Å². The van der Waals surface area contributed by atoms with Crippen molar-refractivity contribution in [1.82, 2.24) is 5.01 Å². The number of benzene rings is 3. The van der Waals surface area contributed by atoms with Gasteiger partial charge in [-0.3, -0.25) is 14.4 Å². The lowest BCUT2D eigenvalue weighted by atomic mass is 9.97. The van der Waals surface area contributed by atoms with E-state index in [0.717, 1.165) is 0 Å². The van der Waals surface area contributed by atoms with E-state index in [9.17, 15) is 9.59 Å². The number of ether oxygens (including phenoxy) is 2. The van der Waals surface area contributed by atoms with E-state index in [1.807, 2.05) is 60.7 Å². The molecule has 1 aliphatic heterocycles. The average molecular weight is 583 g/mol. The molecule has 0 unspecified atom stereocenters. The van der Waals surface area contributed by atoms with Crippen molar-refractivity contribution in [3.8, 4) is 11.5 Å². The number of nitrogens with two attached hydrogens (primary N) is 2. The summed E-state index contributed by atoms with van der Waals surface area (Å²) in [6.07, 6.45) is 0. The first-order valence-electron chi connectivity index (χ1n) is 10.1. The number of fused-ring (bicyclic) bond motifs is 1. The normalized spacial score (nSPS) is 13.7. The Hall–Kier alpha value is -2.66. The Balaban J connectivity index is 0.00000342. The van der Waals surface area contributed by atoms with Crippen LogP contribution in [-0.4, -0.2) is 22.4 Å². The van der Waals surface area contributed by atoms with Crippen LogP contribution in [0.25, 0.3) is 0 Å². The van der Waals surface area contributed by atoms with Crippen LogP contribution in [-0.2, 0) is 15.4 Å². The highest BCUT2D eigenvalue weighted by molar-refractivity contribution is 9.10. The second kappa shape index (κ2) is 10.1. The van der Waals surface area contributed by atoms with Gasteiger partial charge in [-0.15, -0.1) is 12.4 Å². The zero-order valence-corrected chi connectivity index (χ0v) is 21.8. The first-order valence-corrected chi connectivity index (χ1v) is 11.3. The molecule has 4 N–H and O–H groups in total. The molecule has 0 aliphatic carbocycles. The third-order valence-electron chi connectivity index (χ3n) is 5.41. The van der Waals surface area contributed by atoms with Crippen LogP contribution in [0.3, 0.4) is 0 Å². The summed E-state index contributed by atoms with van der Waals surface area (Å²) < 4.78 is 13.1. The first-order chi connectivity index (χ1) is 16.1. The van der Waals surface area contributed by atoms with Crippen molar-refractivity contribution >= 4 is 51.8 Å². The van der Waals surface area contributed by atoms with E-state index < -0.39 is 23.2 Å². The molecule has 0 radical (unpaired) electrons. The summed E-state index contributed by atoms with van der Waals surface area (Å²) in [5.41, 5.74) is -0.173. The summed E-state index contributed by atoms with van der Waals surface area (Å²) in [4.78, 5) is 30.3. The number of hydrogen-bond acceptors (Lipinski definition) is 7. The van der Waals surface area contributed by atoms with Gasteiger partial charge in [0.25, 0.3) is 11.8 Å². The SMILES string of the molecule is CC(C)(ON)C(=O)N(N)C(=O)c1cc(Br)c2c(c1Cl)OC(c1ccccc1)(c1ccccc1)O2.Cl. The number of amides is 2. The van der Waals surface area contributed by atoms with Crippen molar-refractivity contribution in [2.75, 3.05) is 0 Å². The van der Waals surface area contributed by atoms with Crippen LogP contribution in [0.2, 0.25) is 5.02 Å². The van der Waals surface area contributed by atoms with Gasteiger partial charge in [-0.1, -0.05) is 72.3 Å². The molecule has 8 nitrogen and oxygen atoms in total. The maximum absolute atomic E-state index is 13.1. The van der Waals surface area contributed by atoms with Gasteiger partial charge in [0.15, 0.2) is 17.1 Å². The number of carbonyl (C=O) groups excluding carboxylic acids is 2. The molecule has 4 rings (SSSR count). The molecule has 11 heteroatoms. The second-order valence-corrected chi connectivity index (χ2v) is 9.27. The smallest absolute Gasteiger partial charge is 0.305 e. The molecule has 2 amide bonds. The van der Waals surface area contributed by atoms with Crippen LogP contribution in [0.15, 0.2) is 71.2 Å². The lowest BCUT2D eigenvalue weighted by molar-refractivity contribution is -0.152. The van der Waals surface area contributed by atoms with Gasteiger partial charge >= 0.3 is 5.79 Å². The van der Waals surface area contributed by atoms with Gasteiger partial charge in [-0.2, -0.15) is 0 Å². The van der Waals surface area contributed by atoms with Gasteiger partial charge in [0.1, 0.15) is 0 Å². The average Bonchev–Trinajstić information content (AvgIpc) is 3.29. The lowest BCUT2D eigenvalue weighted by Gasteiger charge is -2.28. The highest BCUT2D eigenvalue weighted by Gasteiger charge is 2.48. The van der Waals surface area contributed by atoms with Crippen molar-refractivity contribution in [2.45, 2.75) is 25.2 Å². The first kappa shape index (κ1) is 26.9. The molecule has 0 spiro atoms. The van der Waals surface area contributed by atoms with Gasteiger partial charge in [-0.25, -0.2) is 16.7 Å². The molecule has 0 saturated carbocycles. The maximum Gasteiger partial charge on any atom is 0.305 e. The van der Waals surface area contributed by atoms with Gasteiger partial charge < -0.3 is 9.47 Å². The van der Waals surface area contributed by atoms with Crippen LogP contribution in [0.5, 0.6) is 11.5 Å². The molecule has 0 bridgehead atoms. The zero-order valence-electron chi connectivity index (χ0n) is 18.7. The largest absolute Gasteiger partial charge is 0.439 e. The van der Waals surface area contributed by atoms with E-state index in [-0.39, 0.29) is 28.7 Å². The lowest BCUT2D eigenvalue weighted by Crippen LogP contribution is -2.53. The standard InChI is InChI=1S/C24H21BrClN3O5.ClH/c1-23(2,34-28)22(31)29(27)21(30)16-13-17(25)19-20(18(16)26)33-24(32-19,14-9-5-3-6-10-14)15-11-7-4-8-12-15;/h3-13H,27-28H2,1-2H3;1H. The van der Waals surface area contributed by atoms with Gasteiger partial charge in [0.2, 0.25) is 0 Å². The van der Waals surface area contributed by atoms with Crippen LogP contribution < -0.4 is 21.2 Å². The quantitative estimate of drug-likeness (QED) is 0.254. The Morgan fingerprint density at radius 2 is 1.49 bits per heavy atom. The maximum atomic E-state index is 13.1. The third kappa shape index (κ3) is 4.63. The molecule has 0 atom stereocenters. The zero-order chi connectivity index (χ0) is 24.7. The van der Waals surface area contributed by atoms with Crippen molar-refractivity contribution < 1.29 is 23.9 Å². The summed E-state index contributed by atoms with van der Waals surface area (Å²) in [6, 6.07) is 20.1. The van der Waals surface area contributed by atoms with Crippen LogP contribution in [0.4, 0.5) is 0 Å². The van der Waals surface area contributed by atoms with Crippen LogP contribution in [0, 0.1) is 0 Å². The molecule has 0 saturated heterocycles. The van der Waals surface area contributed by atoms with Crippen molar-refractivity contribution in [3.05, 3.63) is 92.9 Å². The van der Waals surface area contributed by atoms with Crippen molar-refractivity contribution in [2.24, 2.45) is 11.7 Å². The third-order valence-corrected chi connectivity index (χ3v) is 6.37. The number of hydrogen-bond donors (Lipinski definition) is 2. The molecule has 3 aromatic rings. The Morgan fingerprint density at radius 1 is 1.00 bits per heavy atom. The molecule has 1 aliphatic rings. The van der Waals surface area contributed by atoms with Crippen LogP contribution in [0.1, 0.15) is 35.3 Å². The molecular formula is C24H22BrCl2N3O5. The van der Waals surface area contributed by atoms with E-state index >= 15 is 0 Å². The van der Waals surface area contributed by atoms with Gasteiger partial charge in [0, 0.05) is 11.1 Å². The summed E-state index contributed by atoms with van der Waals surface area (Å²) in [7, 11) is 0. The molecule has 1 heterocycles. The Bertz CT molecular complexity index is 1220. The molecule has 0 fully saturated rings. The summed E-state index contributed by atoms with van der Waals surface area (Å²) in [5.74, 6) is 8.32. The molecule has 3 aromatic carbocycles. The molecule has 0 aromatic heterocycles. The van der Waals surface area contributed by atoms with Crippen LogP contribution >= 0.6 is 39.9 Å². The van der Waals surface area contributed by atoms with Gasteiger partial charge in [0.05, 0.1) is 15.1 Å². The Labute approximate surface area is 221 Å². The number of carbonyl (C=O) groups is 2. The molecule has 184 valence electrons. The second-order valence-electron chi connectivity index (χ2n) is 8.04. The molecular weight excluding hydrogens is 561 g/mol. The Kier molecular flexibility index (Phi) is 7.80. The number of rotatable bonds is 5. The van der Waals surface area contributed by atoms with E-state index in [0.29, 0.717) is 26.4 Å². The fraction of sp³-hybridized carbons (Fsp3) is 0.167. The summed E-state index contributed by atoms with van der Waals surface area (Å²) in [5, 5.41) is 0.344. The summed E-state index contributed by atoms with van der Waals surface area (Å²) >= 11 is 10.1. The fourth-order valence-electron chi connectivity index (χ4n) is 3.52. The molecule has 35 heavy (non-hydrogen) atoms. The van der Waals surface area contributed by atoms with E-state index in [1.54, 1.807) is 0 Å². The predicted molar refractivity (Wildman–Crippen MR) is 136 cm³/mol. The van der Waals surface area contributed by atoms with E-state index in [1.165, 1.54) is 19.9 Å². The highest BCUT2D eigenvalue weighted by atomic mass is 79.9. The number of halogens is 3.